The van der Waals surface area contributed by atoms with E-state index in [1.165, 1.54) is 5.56 Å². The second kappa shape index (κ2) is 8.54. The Bertz CT molecular complexity index is 1310. The molecule has 4 aromatic rings. The van der Waals surface area contributed by atoms with Gasteiger partial charge in [-0.1, -0.05) is 30.3 Å². The van der Waals surface area contributed by atoms with Gasteiger partial charge in [0.05, 0.1) is 20.3 Å². The van der Waals surface area contributed by atoms with Gasteiger partial charge in [0.1, 0.15) is 11.5 Å². The van der Waals surface area contributed by atoms with Crippen LogP contribution in [-0.2, 0) is 6.42 Å². The molecule has 0 saturated heterocycles. The maximum Gasteiger partial charge on any atom is 0.322 e. The lowest BCUT2D eigenvalue weighted by atomic mass is 9.92. The Hall–Kier alpha value is -3.93. The minimum Gasteiger partial charge on any atom is -0.497 e. The second-order valence-electron chi connectivity index (χ2n) is 8.29. The van der Waals surface area contributed by atoms with Crippen LogP contribution in [0.4, 0.5) is 10.5 Å². The molecule has 0 saturated carbocycles. The summed E-state index contributed by atoms with van der Waals surface area (Å²) in [6.07, 6.45) is 0.760. The van der Waals surface area contributed by atoms with Crippen molar-refractivity contribution in [3.8, 4) is 11.5 Å². The monoisotopic (exact) mass is 441 g/mol. The van der Waals surface area contributed by atoms with Gasteiger partial charge in [0, 0.05) is 28.8 Å². The molecular formula is C27H27N3O3. The minimum absolute atomic E-state index is 0.119. The number of anilines is 1. The smallest absolute Gasteiger partial charge is 0.322 e. The fourth-order valence-corrected chi connectivity index (χ4v) is 4.65. The van der Waals surface area contributed by atoms with E-state index in [2.05, 4.69) is 16.4 Å². The van der Waals surface area contributed by atoms with E-state index in [1.54, 1.807) is 14.2 Å². The van der Waals surface area contributed by atoms with Gasteiger partial charge in [-0.3, -0.25) is 0 Å². The third kappa shape index (κ3) is 3.78. The first-order chi connectivity index (χ1) is 16.1. The zero-order chi connectivity index (χ0) is 22.9. The number of nitrogens with one attached hydrogen (secondary N) is 2. The number of carbonyl (C=O) groups is 1. The molecule has 0 bridgehead atoms. The van der Waals surface area contributed by atoms with Crippen molar-refractivity contribution < 1.29 is 14.3 Å². The van der Waals surface area contributed by atoms with Crippen LogP contribution in [-0.4, -0.2) is 36.7 Å². The van der Waals surface area contributed by atoms with Gasteiger partial charge in [-0.25, -0.2) is 4.79 Å². The number of ether oxygens (including phenoxy) is 2. The van der Waals surface area contributed by atoms with E-state index in [-0.39, 0.29) is 12.1 Å². The van der Waals surface area contributed by atoms with Crippen molar-refractivity contribution in [2.24, 2.45) is 0 Å². The molecule has 1 aromatic heterocycles. The van der Waals surface area contributed by atoms with Crippen LogP contribution in [0.2, 0.25) is 0 Å². The fourth-order valence-electron chi connectivity index (χ4n) is 4.65. The summed E-state index contributed by atoms with van der Waals surface area (Å²) in [5, 5.41) is 4.25. The lowest BCUT2D eigenvalue weighted by molar-refractivity contribution is 0.193. The number of hydrogen-bond acceptors (Lipinski definition) is 3. The average molecular weight is 442 g/mol. The summed E-state index contributed by atoms with van der Waals surface area (Å²) in [6, 6.07) is 21.4. The van der Waals surface area contributed by atoms with Crippen molar-refractivity contribution in [1.82, 2.24) is 9.88 Å². The number of methoxy groups -OCH3 is 2. The highest BCUT2D eigenvalue weighted by molar-refractivity contribution is 5.92. The maximum absolute atomic E-state index is 13.5. The van der Waals surface area contributed by atoms with Crippen LogP contribution in [0.15, 0.2) is 66.7 Å². The lowest BCUT2D eigenvalue weighted by Gasteiger charge is -2.36. The van der Waals surface area contributed by atoms with E-state index in [0.717, 1.165) is 51.3 Å². The van der Waals surface area contributed by atoms with E-state index in [9.17, 15) is 4.79 Å². The number of amides is 2. The zero-order valence-electron chi connectivity index (χ0n) is 19.0. The van der Waals surface area contributed by atoms with Crippen LogP contribution < -0.4 is 14.8 Å². The second-order valence-corrected chi connectivity index (χ2v) is 8.29. The molecule has 33 heavy (non-hydrogen) atoms. The van der Waals surface area contributed by atoms with Gasteiger partial charge in [0.15, 0.2) is 0 Å². The van der Waals surface area contributed by atoms with E-state index in [4.69, 9.17) is 9.47 Å². The molecule has 3 aromatic carbocycles. The summed E-state index contributed by atoms with van der Waals surface area (Å²) in [7, 11) is 3.33. The molecule has 0 spiro atoms. The highest BCUT2D eigenvalue weighted by Gasteiger charge is 2.35. The molecule has 6 heteroatoms. The largest absolute Gasteiger partial charge is 0.497 e. The first kappa shape index (κ1) is 20.9. The van der Waals surface area contributed by atoms with Crippen molar-refractivity contribution in [3.63, 3.8) is 0 Å². The summed E-state index contributed by atoms with van der Waals surface area (Å²) in [4.78, 5) is 19.0. The number of hydrogen-bond donors (Lipinski definition) is 2. The number of nitrogens with zero attached hydrogens (tertiary/aromatic N) is 1. The number of fused-ring (bicyclic) bond motifs is 3. The van der Waals surface area contributed by atoms with Crippen LogP contribution in [0.1, 0.15) is 28.4 Å². The Kier molecular flexibility index (Phi) is 5.42. The van der Waals surface area contributed by atoms with Crippen LogP contribution in [0.25, 0.3) is 10.9 Å². The molecule has 1 aliphatic heterocycles. The fraction of sp³-hybridized carbons (Fsp3) is 0.222. The van der Waals surface area contributed by atoms with E-state index >= 15 is 0 Å². The summed E-state index contributed by atoms with van der Waals surface area (Å²) < 4.78 is 10.8. The number of aromatic nitrogens is 1. The van der Waals surface area contributed by atoms with Gasteiger partial charge in [0.2, 0.25) is 0 Å². The molecule has 0 radical (unpaired) electrons. The molecule has 0 aliphatic carbocycles. The molecule has 0 fully saturated rings. The van der Waals surface area contributed by atoms with Crippen LogP contribution in [0.5, 0.6) is 11.5 Å². The number of urea groups is 1. The van der Waals surface area contributed by atoms with Gasteiger partial charge in [-0.15, -0.1) is 0 Å². The number of para-hydroxylation sites is 1. The minimum atomic E-state index is -0.248. The maximum atomic E-state index is 13.5. The normalized spacial score (nSPS) is 15.2. The van der Waals surface area contributed by atoms with Crippen molar-refractivity contribution in [1.29, 1.82) is 0 Å². The topological polar surface area (TPSA) is 66.6 Å². The molecule has 2 amide bonds. The molecule has 2 heterocycles. The zero-order valence-corrected chi connectivity index (χ0v) is 19.0. The Morgan fingerprint density at radius 3 is 2.45 bits per heavy atom. The van der Waals surface area contributed by atoms with Crippen molar-refractivity contribution >= 4 is 22.6 Å². The average Bonchev–Trinajstić information content (AvgIpc) is 3.22. The van der Waals surface area contributed by atoms with E-state index in [1.807, 2.05) is 72.5 Å². The van der Waals surface area contributed by atoms with Crippen LogP contribution >= 0.6 is 0 Å². The number of benzene rings is 3. The third-order valence-corrected chi connectivity index (χ3v) is 6.41. The number of rotatable bonds is 4. The summed E-state index contributed by atoms with van der Waals surface area (Å²) in [5.41, 5.74) is 6.18. The summed E-state index contributed by atoms with van der Waals surface area (Å²) in [5.74, 6) is 1.61. The van der Waals surface area contributed by atoms with Crippen molar-refractivity contribution in [2.45, 2.75) is 19.4 Å². The van der Waals surface area contributed by atoms with Gasteiger partial charge < -0.3 is 24.7 Å². The highest BCUT2D eigenvalue weighted by Crippen LogP contribution is 2.40. The Balaban J connectivity index is 1.59. The number of H-pyrrole nitrogens is 1. The molecule has 1 unspecified atom stereocenters. The lowest BCUT2D eigenvalue weighted by Crippen LogP contribution is -2.43. The Morgan fingerprint density at radius 1 is 1.00 bits per heavy atom. The first-order valence-corrected chi connectivity index (χ1v) is 11.0. The quantitative estimate of drug-likeness (QED) is 0.429. The summed E-state index contributed by atoms with van der Waals surface area (Å²) in [6.45, 7) is 2.60. The summed E-state index contributed by atoms with van der Waals surface area (Å²) >= 11 is 0. The molecular weight excluding hydrogens is 414 g/mol. The third-order valence-electron chi connectivity index (χ3n) is 6.41. The Morgan fingerprint density at radius 2 is 1.73 bits per heavy atom. The predicted molar refractivity (Wildman–Crippen MR) is 130 cm³/mol. The highest BCUT2D eigenvalue weighted by atomic mass is 16.5. The number of aromatic amines is 1. The van der Waals surface area contributed by atoms with Crippen molar-refractivity contribution in [2.75, 3.05) is 26.1 Å². The Labute approximate surface area is 193 Å². The standard InChI is InChI=1S/C27H27N3O3/c1-17-6-4-5-7-23(17)29-27(31)30-15-14-21-22-16-20(33-3)12-13-24(22)28-25(21)26(30)18-8-10-19(32-2)11-9-18/h4-13,16,26,28H,14-15H2,1-3H3,(H,29,31). The van der Waals surface area contributed by atoms with Crippen molar-refractivity contribution in [3.05, 3.63) is 89.1 Å². The van der Waals surface area contributed by atoms with Gasteiger partial charge in [0.25, 0.3) is 0 Å². The van der Waals surface area contributed by atoms with Crippen LogP contribution in [0.3, 0.4) is 0 Å². The molecule has 1 aliphatic rings. The van der Waals surface area contributed by atoms with E-state index < -0.39 is 0 Å². The SMILES string of the molecule is COc1ccc(C2c3[nH]c4ccc(OC)cc4c3CCN2C(=O)Nc2ccccc2C)cc1. The van der Waals surface area contributed by atoms with Gasteiger partial charge in [-0.2, -0.15) is 0 Å². The van der Waals surface area contributed by atoms with E-state index in [0.29, 0.717) is 6.54 Å². The molecule has 168 valence electrons. The molecule has 6 nitrogen and oxygen atoms in total. The molecule has 2 N–H and O–H groups in total. The van der Waals surface area contributed by atoms with Crippen LogP contribution in [0, 0.1) is 6.92 Å². The van der Waals surface area contributed by atoms with Gasteiger partial charge in [-0.05, 0) is 66.4 Å². The molecule has 1 atom stereocenters. The first-order valence-electron chi connectivity index (χ1n) is 11.0. The molecule has 5 rings (SSSR count). The van der Waals surface area contributed by atoms with Gasteiger partial charge >= 0.3 is 6.03 Å². The number of aryl methyl sites for hydroxylation is 1. The number of carbonyl (C=O) groups excluding carboxylic acids is 1. The predicted octanol–water partition coefficient (Wildman–Crippen LogP) is 5.67.